The van der Waals surface area contributed by atoms with Gasteiger partial charge in [0.05, 0.1) is 14.2 Å². The molecule has 0 heterocycles. The van der Waals surface area contributed by atoms with Crippen molar-refractivity contribution < 1.29 is 23.5 Å². The summed E-state index contributed by atoms with van der Waals surface area (Å²) in [5.74, 6) is -2.58. The van der Waals surface area contributed by atoms with Gasteiger partial charge in [-0.25, -0.2) is 4.39 Å². The largest absolute Gasteiger partial charge is 0.494 e. The molecule has 1 unspecified atom stereocenters. The highest BCUT2D eigenvalue weighted by Gasteiger charge is 2.24. The maximum Gasteiger partial charge on any atom is 0.316 e. The Kier molecular flexibility index (Phi) is 4.20. The van der Waals surface area contributed by atoms with E-state index in [-0.39, 0.29) is 11.3 Å². The van der Waals surface area contributed by atoms with Gasteiger partial charge in [-0.05, 0) is 25.1 Å². The number of hydrogen-bond donors (Lipinski definition) is 0. The molecule has 0 aliphatic carbocycles. The van der Waals surface area contributed by atoms with E-state index in [2.05, 4.69) is 4.74 Å². The van der Waals surface area contributed by atoms with Crippen molar-refractivity contribution in [3.63, 3.8) is 0 Å². The Bertz CT molecular complexity index is 442. The normalized spacial score (nSPS) is 11.8. The van der Waals surface area contributed by atoms with Crippen LogP contribution in [-0.4, -0.2) is 26.0 Å². The fourth-order valence-electron chi connectivity index (χ4n) is 1.35. The maximum atomic E-state index is 13.1. The van der Waals surface area contributed by atoms with E-state index in [1.54, 1.807) is 0 Å². The average molecular weight is 240 g/mol. The van der Waals surface area contributed by atoms with Gasteiger partial charge in [-0.1, -0.05) is 0 Å². The summed E-state index contributed by atoms with van der Waals surface area (Å²) in [6, 6.07) is 3.69. The predicted molar refractivity (Wildman–Crippen MR) is 58.5 cm³/mol. The highest BCUT2D eigenvalue weighted by Crippen LogP contribution is 2.20. The number of ether oxygens (including phenoxy) is 2. The van der Waals surface area contributed by atoms with Gasteiger partial charge in [0.1, 0.15) is 5.92 Å². The molecule has 0 aliphatic rings. The van der Waals surface area contributed by atoms with Crippen molar-refractivity contribution >= 4 is 11.8 Å². The zero-order valence-corrected chi connectivity index (χ0v) is 9.82. The van der Waals surface area contributed by atoms with E-state index in [4.69, 9.17) is 4.74 Å². The van der Waals surface area contributed by atoms with Crippen LogP contribution in [0.25, 0.3) is 0 Å². The lowest BCUT2D eigenvalue weighted by atomic mass is 9.99. The number of carbonyl (C=O) groups excluding carboxylic acids is 2. The molecule has 0 fully saturated rings. The molecule has 0 aromatic heterocycles. The third-order valence-electron chi connectivity index (χ3n) is 2.38. The Balaban J connectivity index is 3.00. The van der Waals surface area contributed by atoms with Crippen molar-refractivity contribution in [3.8, 4) is 5.75 Å². The zero-order valence-electron chi connectivity index (χ0n) is 9.82. The van der Waals surface area contributed by atoms with Crippen molar-refractivity contribution in [1.82, 2.24) is 0 Å². The van der Waals surface area contributed by atoms with E-state index in [1.807, 2.05) is 0 Å². The molecule has 0 spiro atoms. The number of methoxy groups -OCH3 is 2. The van der Waals surface area contributed by atoms with Gasteiger partial charge < -0.3 is 9.47 Å². The van der Waals surface area contributed by atoms with Crippen LogP contribution in [-0.2, 0) is 9.53 Å². The molecular formula is C12H13FO4. The molecular weight excluding hydrogens is 227 g/mol. The van der Waals surface area contributed by atoms with Crippen LogP contribution in [0.1, 0.15) is 17.3 Å². The lowest BCUT2D eigenvalue weighted by Crippen LogP contribution is -2.22. The van der Waals surface area contributed by atoms with E-state index in [0.29, 0.717) is 0 Å². The first-order valence-electron chi connectivity index (χ1n) is 4.96. The van der Waals surface area contributed by atoms with Crippen molar-refractivity contribution in [2.45, 2.75) is 6.92 Å². The maximum absolute atomic E-state index is 13.1. The molecule has 5 heteroatoms. The molecule has 0 aliphatic heterocycles. The van der Waals surface area contributed by atoms with Gasteiger partial charge in [0.15, 0.2) is 17.3 Å². The summed E-state index contributed by atoms with van der Waals surface area (Å²) in [5.41, 5.74) is 0.209. The zero-order chi connectivity index (χ0) is 13.0. The van der Waals surface area contributed by atoms with Crippen LogP contribution in [0.2, 0.25) is 0 Å². The average Bonchev–Trinajstić information content (AvgIpc) is 2.36. The number of ketones is 1. The van der Waals surface area contributed by atoms with Crippen LogP contribution < -0.4 is 4.74 Å². The first-order valence-corrected chi connectivity index (χ1v) is 4.96. The van der Waals surface area contributed by atoms with Gasteiger partial charge in [0, 0.05) is 5.56 Å². The monoisotopic (exact) mass is 240 g/mol. The summed E-state index contributed by atoms with van der Waals surface area (Å²) in [5, 5.41) is 0. The molecule has 1 rings (SSSR count). The second kappa shape index (κ2) is 5.43. The molecule has 1 aromatic rings. The fourth-order valence-corrected chi connectivity index (χ4v) is 1.35. The summed E-state index contributed by atoms with van der Waals surface area (Å²) < 4.78 is 22.4. The molecule has 0 saturated heterocycles. The number of halogens is 1. The van der Waals surface area contributed by atoms with E-state index >= 15 is 0 Å². The molecule has 1 aromatic carbocycles. The highest BCUT2D eigenvalue weighted by molar-refractivity contribution is 6.08. The first kappa shape index (κ1) is 13.2. The molecule has 4 nitrogen and oxygen atoms in total. The fraction of sp³-hybridized carbons (Fsp3) is 0.333. The summed E-state index contributed by atoms with van der Waals surface area (Å²) in [6.07, 6.45) is 0. The second-order valence-corrected chi connectivity index (χ2v) is 3.46. The first-order chi connectivity index (χ1) is 8.01. The van der Waals surface area contributed by atoms with Gasteiger partial charge in [-0.15, -0.1) is 0 Å². The number of Topliss-reactive ketones (excluding diaryl/α,β-unsaturated/α-hetero) is 1. The minimum atomic E-state index is -0.921. The molecule has 0 radical (unpaired) electrons. The van der Waals surface area contributed by atoms with Crippen LogP contribution in [0, 0.1) is 11.7 Å². The minimum absolute atomic E-state index is 0.0343. The van der Waals surface area contributed by atoms with Crippen molar-refractivity contribution in [2.75, 3.05) is 14.2 Å². The van der Waals surface area contributed by atoms with Gasteiger partial charge >= 0.3 is 5.97 Å². The van der Waals surface area contributed by atoms with Crippen LogP contribution in [0.15, 0.2) is 18.2 Å². The Labute approximate surface area is 98.3 Å². The van der Waals surface area contributed by atoms with Crippen LogP contribution in [0.4, 0.5) is 4.39 Å². The topological polar surface area (TPSA) is 52.6 Å². The summed E-state index contributed by atoms with van der Waals surface area (Å²) in [4.78, 5) is 23.0. The Morgan fingerprint density at radius 3 is 2.47 bits per heavy atom. The molecule has 92 valence electrons. The molecule has 1 atom stereocenters. The molecule has 0 saturated carbocycles. The van der Waals surface area contributed by atoms with E-state index in [0.717, 1.165) is 6.07 Å². The number of hydrogen-bond acceptors (Lipinski definition) is 4. The van der Waals surface area contributed by atoms with E-state index in [1.165, 1.54) is 33.3 Å². The molecule has 0 N–H and O–H groups in total. The molecule has 17 heavy (non-hydrogen) atoms. The third kappa shape index (κ3) is 2.81. The summed E-state index contributed by atoms with van der Waals surface area (Å²) >= 11 is 0. The SMILES string of the molecule is COC(=O)C(C)C(=O)c1ccc(F)c(OC)c1. The Morgan fingerprint density at radius 1 is 1.29 bits per heavy atom. The van der Waals surface area contributed by atoms with Crippen LogP contribution in [0.5, 0.6) is 5.75 Å². The Hall–Kier alpha value is -1.91. The molecule has 0 amide bonds. The van der Waals surface area contributed by atoms with E-state index in [9.17, 15) is 14.0 Å². The van der Waals surface area contributed by atoms with Crippen molar-refractivity contribution in [2.24, 2.45) is 5.92 Å². The third-order valence-corrected chi connectivity index (χ3v) is 2.38. The number of esters is 1. The molecule has 0 bridgehead atoms. The number of carbonyl (C=O) groups is 2. The van der Waals surface area contributed by atoms with Gasteiger partial charge in [-0.3, -0.25) is 9.59 Å². The number of benzene rings is 1. The second-order valence-electron chi connectivity index (χ2n) is 3.46. The van der Waals surface area contributed by atoms with Gasteiger partial charge in [-0.2, -0.15) is 0 Å². The highest BCUT2D eigenvalue weighted by atomic mass is 19.1. The van der Waals surface area contributed by atoms with Gasteiger partial charge in [0.2, 0.25) is 0 Å². The minimum Gasteiger partial charge on any atom is -0.494 e. The van der Waals surface area contributed by atoms with Gasteiger partial charge in [0.25, 0.3) is 0 Å². The standard InChI is InChI=1S/C12H13FO4/c1-7(12(15)17-3)11(14)8-4-5-9(13)10(6-8)16-2/h4-7H,1-3H3. The van der Waals surface area contributed by atoms with Crippen molar-refractivity contribution in [3.05, 3.63) is 29.6 Å². The Morgan fingerprint density at radius 2 is 1.94 bits per heavy atom. The summed E-state index contributed by atoms with van der Waals surface area (Å²) in [7, 11) is 2.51. The smallest absolute Gasteiger partial charge is 0.316 e. The van der Waals surface area contributed by atoms with Crippen LogP contribution >= 0.6 is 0 Å². The number of rotatable bonds is 4. The lowest BCUT2D eigenvalue weighted by molar-refractivity contribution is -0.143. The summed E-state index contributed by atoms with van der Waals surface area (Å²) in [6.45, 7) is 1.43. The van der Waals surface area contributed by atoms with E-state index < -0.39 is 23.5 Å². The van der Waals surface area contributed by atoms with Crippen molar-refractivity contribution in [1.29, 1.82) is 0 Å². The lowest BCUT2D eigenvalue weighted by Gasteiger charge is -2.09. The quantitative estimate of drug-likeness (QED) is 0.457. The predicted octanol–water partition coefficient (Wildman–Crippen LogP) is 1.83. The van der Waals surface area contributed by atoms with Crippen LogP contribution in [0.3, 0.4) is 0 Å².